The van der Waals surface area contributed by atoms with Crippen molar-refractivity contribution in [2.45, 2.75) is 25.8 Å². The van der Waals surface area contributed by atoms with Crippen molar-refractivity contribution in [1.82, 2.24) is 10.3 Å². The molecule has 102 valence electrons. The van der Waals surface area contributed by atoms with E-state index in [2.05, 4.69) is 10.3 Å². The molecule has 19 heavy (non-hydrogen) atoms. The summed E-state index contributed by atoms with van der Waals surface area (Å²) in [6.45, 7) is 3.64. The Bertz CT molecular complexity index is 605. The molecule has 0 bridgehead atoms. The highest BCUT2D eigenvalue weighted by molar-refractivity contribution is 7.22. The van der Waals surface area contributed by atoms with Gasteiger partial charge in [-0.1, -0.05) is 18.3 Å². The molecule has 0 saturated carbocycles. The van der Waals surface area contributed by atoms with Crippen LogP contribution in [0.1, 0.15) is 30.6 Å². The number of carbonyl (C=O) groups is 1. The molecule has 5 nitrogen and oxygen atoms in total. The van der Waals surface area contributed by atoms with Crippen molar-refractivity contribution >= 4 is 32.6 Å². The molecule has 0 radical (unpaired) electrons. The summed E-state index contributed by atoms with van der Waals surface area (Å²) in [6.07, 6.45) is 0.658. The summed E-state index contributed by atoms with van der Waals surface area (Å²) in [7, 11) is 0. The zero-order valence-corrected chi connectivity index (χ0v) is 11.8. The van der Waals surface area contributed by atoms with E-state index in [1.165, 1.54) is 11.3 Å². The zero-order chi connectivity index (χ0) is 14.0. The molecule has 1 atom stereocenters. The summed E-state index contributed by atoms with van der Waals surface area (Å²) in [6, 6.07) is 5.26. The van der Waals surface area contributed by atoms with Crippen molar-refractivity contribution in [3.63, 3.8) is 0 Å². The van der Waals surface area contributed by atoms with Gasteiger partial charge in [0.25, 0.3) is 5.91 Å². The maximum absolute atomic E-state index is 12.2. The molecular formula is C13H17N3O2S. The van der Waals surface area contributed by atoms with E-state index in [0.717, 1.165) is 10.2 Å². The van der Waals surface area contributed by atoms with Crippen LogP contribution in [0, 0.1) is 0 Å². The number of thiazole rings is 1. The monoisotopic (exact) mass is 279 g/mol. The minimum Gasteiger partial charge on any atom is -0.394 e. The molecule has 6 heteroatoms. The van der Waals surface area contributed by atoms with Gasteiger partial charge in [-0.15, -0.1) is 0 Å². The summed E-state index contributed by atoms with van der Waals surface area (Å²) in [5.41, 5.74) is 6.37. The maximum atomic E-state index is 12.2. The molecule has 0 aliphatic heterocycles. The number of amides is 1. The molecule has 0 spiro atoms. The number of carbonyl (C=O) groups excluding carboxylic acids is 1. The summed E-state index contributed by atoms with van der Waals surface area (Å²) >= 11 is 1.35. The van der Waals surface area contributed by atoms with Crippen LogP contribution in [0.5, 0.6) is 0 Å². The summed E-state index contributed by atoms with van der Waals surface area (Å²) < 4.78 is 0.882. The van der Waals surface area contributed by atoms with Gasteiger partial charge in [-0.3, -0.25) is 4.79 Å². The lowest BCUT2D eigenvalue weighted by atomic mass is 9.99. The highest BCUT2D eigenvalue weighted by Gasteiger charge is 2.23. The number of fused-ring (bicyclic) bond motifs is 1. The maximum Gasteiger partial charge on any atom is 0.251 e. The molecule has 0 aliphatic rings. The number of benzene rings is 1. The highest BCUT2D eigenvalue weighted by atomic mass is 32.1. The van der Waals surface area contributed by atoms with Crippen molar-refractivity contribution in [2.24, 2.45) is 0 Å². The highest BCUT2D eigenvalue weighted by Crippen LogP contribution is 2.24. The van der Waals surface area contributed by atoms with E-state index in [1.807, 2.05) is 13.8 Å². The van der Waals surface area contributed by atoms with Gasteiger partial charge in [0.15, 0.2) is 5.13 Å². The number of aliphatic hydroxyl groups is 1. The normalized spacial score (nSPS) is 14.3. The number of hydrogen-bond acceptors (Lipinski definition) is 5. The van der Waals surface area contributed by atoms with E-state index < -0.39 is 5.54 Å². The van der Waals surface area contributed by atoms with Crippen LogP contribution < -0.4 is 11.1 Å². The predicted octanol–water partition coefficient (Wildman–Crippen LogP) is 1.77. The lowest BCUT2D eigenvalue weighted by Gasteiger charge is -2.27. The second kappa shape index (κ2) is 5.14. The Morgan fingerprint density at radius 2 is 2.32 bits per heavy atom. The van der Waals surface area contributed by atoms with E-state index in [0.29, 0.717) is 17.1 Å². The van der Waals surface area contributed by atoms with Crippen molar-refractivity contribution in [2.75, 3.05) is 12.3 Å². The second-order valence-corrected chi connectivity index (χ2v) is 5.82. The fourth-order valence-corrected chi connectivity index (χ4v) is 2.44. The van der Waals surface area contributed by atoms with Crippen LogP contribution in [-0.2, 0) is 0 Å². The van der Waals surface area contributed by atoms with Crippen LogP contribution in [0.2, 0.25) is 0 Å². The Kier molecular flexibility index (Phi) is 3.73. The Labute approximate surface area is 115 Å². The first-order valence-electron chi connectivity index (χ1n) is 6.07. The smallest absolute Gasteiger partial charge is 0.251 e. The molecular weight excluding hydrogens is 262 g/mol. The molecule has 0 aliphatic carbocycles. The minimum absolute atomic E-state index is 0.0923. The third kappa shape index (κ3) is 2.85. The number of rotatable bonds is 4. The van der Waals surface area contributed by atoms with Gasteiger partial charge in [0.2, 0.25) is 0 Å². The molecule has 4 N–H and O–H groups in total. The van der Waals surface area contributed by atoms with Crippen LogP contribution in [-0.4, -0.2) is 28.1 Å². The number of nitrogens with two attached hydrogens (primary N) is 1. The van der Waals surface area contributed by atoms with E-state index >= 15 is 0 Å². The molecule has 1 unspecified atom stereocenters. The van der Waals surface area contributed by atoms with E-state index in [4.69, 9.17) is 5.73 Å². The Hall–Kier alpha value is -1.66. The fourth-order valence-electron chi connectivity index (χ4n) is 1.67. The number of nitrogen functional groups attached to an aromatic ring is 1. The quantitative estimate of drug-likeness (QED) is 0.796. The number of aliphatic hydroxyl groups excluding tert-OH is 1. The van der Waals surface area contributed by atoms with Gasteiger partial charge in [-0.2, -0.15) is 0 Å². The first kappa shape index (κ1) is 13.8. The SMILES string of the molecule is CCC(C)(CO)NC(=O)c1ccc2nc(N)sc2c1. The first-order chi connectivity index (χ1) is 8.97. The standard InChI is InChI=1S/C13H17N3O2S/c1-3-13(2,7-17)16-11(18)8-4-5-9-10(6-8)19-12(14)15-9/h4-6,17H,3,7H2,1-2H3,(H2,14,15)(H,16,18). The number of nitrogens with one attached hydrogen (secondary N) is 1. The number of nitrogens with zero attached hydrogens (tertiary/aromatic N) is 1. The summed E-state index contributed by atoms with van der Waals surface area (Å²) in [5, 5.41) is 12.6. The number of anilines is 1. The summed E-state index contributed by atoms with van der Waals surface area (Å²) in [5.74, 6) is -0.202. The average molecular weight is 279 g/mol. The average Bonchev–Trinajstić information content (AvgIpc) is 2.77. The molecule has 1 heterocycles. The van der Waals surface area contributed by atoms with Gasteiger partial charge in [0.1, 0.15) is 0 Å². The fraction of sp³-hybridized carbons (Fsp3) is 0.385. The van der Waals surface area contributed by atoms with Crippen LogP contribution in [0.15, 0.2) is 18.2 Å². The molecule has 1 amide bonds. The van der Waals surface area contributed by atoms with Gasteiger partial charge in [-0.05, 0) is 31.5 Å². The van der Waals surface area contributed by atoms with Gasteiger partial charge >= 0.3 is 0 Å². The van der Waals surface area contributed by atoms with Crippen LogP contribution >= 0.6 is 11.3 Å². The zero-order valence-electron chi connectivity index (χ0n) is 10.9. The topological polar surface area (TPSA) is 88.2 Å². The molecule has 2 rings (SSSR count). The van der Waals surface area contributed by atoms with Crippen molar-refractivity contribution < 1.29 is 9.90 Å². The molecule has 2 aromatic rings. The molecule has 0 fully saturated rings. The molecule has 0 saturated heterocycles. The van der Waals surface area contributed by atoms with E-state index in [9.17, 15) is 9.90 Å². The summed E-state index contributed by atoms with van der Waals surface area (Å²) in [4.78, 5) is 16.3. The second-order valence-electron chi connectivity index (χ2n) is 4.76. The Morgan fingerprint density at radius 3 is 2.95 bits per heavy atom. The number of hydrogen-bond donors (Lipinski definition) is 3. The Balaban J connectivity index is 2.26. The van der Waals surface area contributed by atoms with Crippen molar-refractivity contribution in [3.05, 3.63) is 23.8 Å². The lowest BCUT2D eigenvalue weighted by Crippen LogP contribution is -2.48. The van der Waals surface area contributed by atoms with Crippen molar-refractivity contribution in [1.29, 1.82) is 0 Å². The third-order valence-corrected chi connectivity index (χ3v) is 4.06. The predicted molar refractivity (Wildman–Crippen MR) is 77.3 cm³/mol. The van der Waals surface area contributed by atoms with Crippen LogP contribution in [0.25, 0.3) is 10.2 Å². The van der Waals surface area contributed by atoms with Gasteiger partial charge in [-0.25, -0.2) is 4.98 Å². The van der Waals surface area contributed by atoms with Crippen molar-refractivity contribution in [3.8, 4) is 0 Å². The van der Waals surface area contributed by atoms with Gasteiger partial charge < -0.3 is 16.2 Å². The number of aromatic nitrogens is 1. The van der Waals surface area contributed by atoms with E-state index in [-0.39, 0.29) is 12.5 Å². The van der Waals surface area contributed by atoms with E-state index in [1.54, 1.807) is 18.2 Å². The van der Waals surface area contributed by atoms with Crippen LogP contribution in [0.3, 0.4) is 0 Å². The minimum atomic E-state index is -0.598. The first-order valence-corrected chi connectivity index (χ1v) is 6.88. The van der Waals surface area contributed by atoms with Gasteiger partial charge in [0, 0.05) is 5.56 Å². The third-order valence-electron chi connectivity index (χ3n) is 3.21. The van der Waals surface area contributed by atoms with Crippen LogP contribution in [0.4, 0.5) is 5.13 Å². The lowest BCUT2D eigenvalue weighted by molar-refractivity contribution is 0.0847. The Morgan fingerprint density at radius 1 is 1.58 bits per heavy atom. The molecule has 1 aromatic heterocycles. The largest absolute Gasteiger partial charge is 0.394 e. The van der Waals surface area contributed by atoms with Gasteiger partial charge in [0.05, 0.1) is 22.4 Å². The molecule has 1 aromatic carbocycles.